The fourth-order valence-electron chi connectivity index (χ4n) is 1.84. The highest BCUT2D eigenvalue weighted by Gasteiger charge is 2.34. The van der Waals surface area contributed by atoms with Gasteiger partial charge >= 0.3 is 6.18 Å². The number of ether oxygens (including phenoxy) is 1. The maximum Gasteiger partial charge on any atom is 0.418 e. The van der Waals surface area contributed by atoms with Crippen molar-refractivity contribution < 1.29 is 27.1 Å². The first-order valence-electron chi connectivity index (χ1n) is 6.61. The lowest BCUT2D eigenvalue weighted by atomic mass is 10.1. The third kappa shape index (κ3) is 4.46. The van der Waals surface area contributed by atoms with Crippen LogP contribution in [0.15, 0.2) is 42.5 Å². The van der Waals surface area contributed by atoms with Gasteiger partial charge in [0.1, 0.15) is 23.7 Å². The molecule has 0 bridgehead atoms. The quantitative estimate of drug-likeness (QED) is 0.836. The summed E-state index contributed by atoms with van der Waals surface area (Å²) in [4.78, 5) is 11.3. The van der Waals surface area contributed by atoms with Crippen molar-refractivity contribution in [3.8, 4) is 17.6 Å². The molecule has 24 heavy (non-hydrogen) atoms. The summed E-state index contributed by atoms with van der Waals surface area (Å²) in [6, 6.07) is 9.26. The Kier molecular flexibility index (Phi) is 5.04. The number of hydrogen-bond donors (Lipinski definition) is 1. The number of carbonyl (C=O) groups excluding carboxylic acids is 1. The molecule has 4 nitrogen and oxygen atoms in total. The van der Waals surface area contributed by atoms with Gasteiger partial charge in [0.05, 0.1) is 17.3 Å². The van der Waals surface area contributed by atoms with E-state index in [-0.39, 0.29) is 11.5 Å². The monoisotopic (exact) mass is 338 g/mol. The molecule has 1 N–H and O–H groups in total. The predicted octanol–water partition coefficient (Wildman–Crippen LogP) is 4.49. The van der Waals surface area contributed by atoms with Crippen molar-refractivity contribution in [1.29, 1.82) is 5.26 Å². The summed E-state index contributed by atoms with van der Waals surface area (Å²) in [5.74, 6) is -1.33. The van der Waals surface area contributed by atoms with Crippen molar-refractivity contribution in [3.63, 3.8) is 0 Å². The SMILES string of the molecule is N#CCC(=O)Nc1ccc(Oc2ccc(F)cc2)cc1C(F)(F)F. The lowest BCUT2D eigenvalue weighted by Gasteiger charge is -2.15. The minimum Gasteiger partial charge on any atom is -0.457 e. The van der Waals surface area contributed by atoms with Crippen molar-refractivity contribution >= 4 is 11.6 Å². The molecule has 1 amide bonds. The summed E-state index contributed by atoms with van der Waals surface area (Å²) < 4.78 is 57.5. The Labute approximate surface area is 134 Å². The Hall–Kier alpha value is -3.08. The van der Waals surface area contributed by atoms with Crippen molar-refractivity contribution in [2.75, 3.05) is 5.32 Å². The van der Waals surface area contributed by atoms with Gasteiger partial charge in [-0.2, -0.15) is 18.4 Å². The van der Waals surface area contributed by atoms with E-state index in [9.17, 15) is 22.4 Å². The van der Waals surface area contributed by atoms with Crippen molar-refractivity contribution in [3.05, 3.63) is 53.8 Å². The molecule has 2 rings (SSSR count). The van der Waals surface area contributed by atoms with E-state index in [0.29, 0.717) is 6.07 Å². The second kappa shape index (κ2) is 7.00. The number of hydrogen-bond acceptors (Lipinski definition) is 3. The van der Waals surface area contributed by atoms with Crippen LogP contribution in [0.5, 0.6) is 11.5 Å². The molecule has 2 aromatic rings. The molecule has 0 aliphatic heterocycles. The maximum atomic E-state index is 13.1. The van der Waals surface area contributed by atoms with Gasteiger partial charge in [0.15, 0.2) is 0 Å². The number of carbonyl (C=O) groups is 1. The number of halogens is 4. The van der Waals surface area contributed by atoms with Gasteiger partial charge < -0.3 is 10.1 Å². The molecule has 0 saturated heterocycles. The topological polar surface area (TPSA) is 62.1 Å². The van der Waals surface area contributed by atoms with E-state index < -0.39 is 35.6 Å². The second-order valence-electron chi connectivity index (χ2n) is 4.64. The molecule has 0 radical (unpaired) electrons. The molecule has 0 aromatic heterocycles. The molecule has 0 fully saturated rings. The summed E-state index contributed by atoms with van der Waals surface area (Å²) in [7, 11) is 0. The van der Waals surface area contributed by atoms with Gasteiger partial charge in [-0.25, -0.2) is 4.39 Å². The minimum absolute atomic E-state index is 0.132. The van der Waals surface area contributed by atoms with Crippen LogP contribution < -0.4 is 10.1 Å². The van der Waals surface area contributed by atoms with Crippen LogP contribution in [0.2, 0.25) is 0 Å². The standard InChI is InChI=1S/C16H10F4N2O2/c17-10-1-3-11(4-2-10)24-12-5-6-14(22-15(23)7-8-21)13(9-12)16(18,19)20/h1-6,9H,7H2,(H,22,23). The van der Waals surface area contributed by atoms with Gasteiger partial charge in [0.2, 0.25) is 5.91 Å². The number of anilines is 1. The van der Waals surface area contributed by atoms with Gasteiger partial charge in [-0.05, 0) is 42.5 Å². The Morgan fingerprint density at radius 2 is 1.75 bits per heavy atom. The molecule has 0 heterocycles. The molecule has 0 aliphatic rings. The number of benzene rings is 2. The first-order chi connectivity index (χ1) is 11.3. The molecule has 124 valence electrons. The third-order valence-electron chi connectivity index (χ3n) is 2.86. The van der Waals surface area contributed by atoms with Crippen LogP contribution in [-0.4, -0.2) is 5.91 Å². The fourth-order valence-corrected chi connectivity index (χ4v) is 1.84. The highest BCUT2D eigenvalue weighted by Crippen LogP contribution is 2.38. The Bertz CT molecular complexity index is 780. The summed E-state index contributed by atoms with van der Waals surface area (Å²) in [5, 5.41) is 10.4. The minimum atomic E-state index is -4.74. The molecule has 0 saturated carbocycles. The molecular formula is C16H10F4N2O2. The van der Waals surface area contributed by atoms with E-state index in [1.807, 2.05) is 5.32 Å². The molecule has 0 unspecified atom stereocenters. The van der Waals surface area contributed by atoms with E-state index in [1.54, 1.807) is 6.07 Å². The normalized spacial score (nSPS) is 10.8. The predicted molar refractivity (Wildman–Crippen MR) is 76.8 cm³/mol. The first kappa shape index (κ1) is 17.3. The van der Waals surface area contributed by atoms with E-state index in [2.05, 4.69) is 0 Å². The summed E-state index contributed by atoms with van der Waals surface area (Å²) >= 11 is 0. The van der Waals surface area contributed by atoms with Gasteiger partial charge in [-0.3, -0.25) is 4.79 Å². The molecule has 8 heteroatoms. The first-order valence-corrected chi connectivity index (χ1v) is 6.61. The van der Waals surface area contributed by atoms with E-state index in [0.717, 1.165) is 18.2 Å². The summed E-state index contributed by atoms with van der Waals surface area (Å²) in [5.41, 5.74) is -1.59. The largest absolute Gasteiger partial charge is 0.457 e. The van der Waals surface area contributed by atoms with Gasteiger partial charge in [-0.15, -0.1) is 0 Å². The van der Waals surface area contributed by atoms with Crippen LogP contribution >= 0.6 is 0 Å². The van der Waals surface area contributed by atoms with Gasteiger partial charge in [-0.1, -0.05) is 0 Å². The van der Waals surface area contributed by atoms with Crippen LogP contribution in [0.25, 0.3) is 0 Å². The Balaban J connectivity index is 2.30. The molecule has 0 spiro atoms. The maximum absolute atomic E-state index is 13.1. The van der Waals surface area contributed by atoms with Crippen LogP contribution in [-0.2, 0) is 11.0 Å². The van der Waals surface area contributed by atoms with Crippen molar-refractivity contribution in [1.82, 2.24) is 0 Å². The second-order valence-corrected chi connectivity index (χ2v) is 4.64. The molecule has 0 aliphatic carbocycles. The smallest absolute Gasteiger partial charge is 0.418 e. The zero-order chi connectivity index (χ0) is 17.7. The number of amides is 1. The number of rotatable bonds is 4. The van der Waals surface area contributed by atoms with Crippen LogP contribution in [0.4, 0.5) is 23.2 Å². The fraction of sp³-hybridized carbons (Fsp3) is 0.125. The summed E-state index contributed by atoms with van der Waals surface area (Å²) in [6.45, 7) is 0. The van der Waals surface area contributed by atoms with Crippen molar-refractivity contribution in [2.45, 2.75) is 12.6 Å². The van der Waals surface area contributed by atoms with Crippen LogP contribution in [0.3, 0.4) is 0 Å². The molecular weight excluding hydrogens is 328 g/mol. The van der Waals surface area contributed by atoms with E-state index in [4.69, 9.17) is 10.00 Å². The van der Waals surface area contributed by atoms with E-state index in [1.165, 1.54) is 18.2 Å². The van der Waals surface area contributed by atoms with Gasteiger partial charge in [0, 0.05) is 0 Å². The zero-order valence-corrected chi connectivity index (χ0v) is 12.0. The lowest BCUT2D eigenvalue weighted by Crippen LogP contribution is -2.16. The Morgan fingerprint density at radius 1 is 1.12 bits per heavy atom. The Morgan fingerprint density at radius 3 is 2.33 bits per heavy atom. The van der Waals surface area contributed by atoms with Crippen LogP contribution in [0, 0.1) is 17.1 Å². The third-order valence-corrected chi connectivity index (χ3v) is 2.86. The average Bonchev–Trinajstić information content (AvgIpc) is 2.50. The number of nitrogens with one attached hydrogen (secondary N) is 1. The zero-order valence-electron chi connectivity index (χ0n) is 12.0. The number of nitrogens with zero attached hydrogens (tertiary/aromatic N) is 1. The lowest BCUT2D eigenvalue weighted by molar-refractivity contribution is -0.137. The van der Waals surface area contributed by atoms with E-state index >= 15 is 0 Å². The van der Waals surface area contributed by atoms with Crippen molar-refractivity contribution in [2.24, 2.45) is 0 Å². The highest BCUT2D eigenvalue weighted by atomic mass is 19.4. The summed E-state index contributed by atoms with van der Waals surface area (Å²) in [6.07, 6.45) is -5.30. The van der Waals surface area contributed by atoms with Gasteiger partial charge in [0.25, 0.3) is 0 Å². The van der Waals surface area contributed by atoms with Crippen LogP contribution in [0.1, 0.15) is 12.0 Å². The average molecular weight is 338 g/mol. The highest BCUT2D eigenvalue weighted by molar-refractivity contribution is 5.93. The molecule has 0 atom stereocenters. The molecule has 2 aromatic carbocycles. The number of alkyl halides is 3. The number of nitriles is 1.